The highest BCUT2D eigenvalue weighted by Gasteiger charge is 2.11. The predicted octanol–water partition coefficient (Wildman–Crippen LogP) is 5.99. The molecular weight excluding hydrogens is 316 g/mol. The summed E-state index contributed by atoms with van der Waals surface area (Å²) in [5.74, 6) is -0.411. The Morgan fingerprint density at radius 1 is 1.13 bits per heavy atom. The lowest BCUT2D eigenvalue weighted by Crippen LogP contribution is -1.97. The average molecular weight is 339 g/mol. The van der Waals surface area contributed by atoms with Gasteiger partial charge in [0.05, 0.1) is 17.7 Å². The summed E-state index contributed by atoms with van der Waals surface area (Å²) in [7, 11) is 1.59. The third-order valence-corrected chi connectivity index (χ3v) is 4.09. The zero-order chi connectivity index (χ0) is 17.4. The monoisotopic (exact) mass is 339 g/mol. The van der Waals surface area contributed by atoms with Crippen molar-refractivity contribution in [2.24, 2.45) is 0 Å². The van der Waals surface area contributed by atoms with Crippen LogP contribution in [0.1, 0.15) is 31.9 Å². The fourth-order valence-electron chi connectivity index (χ4n) is 1.87. The van der Waals surface area contributed by atoms with E-state index in [1.807, 2.05) is 32.0 Å². The molecule has 0 amide bonds. The molecule has 0 aromatic heterocycles. The molecule has 2 nitrogen and oxygen atoms in total. The standard InChI is InChI=1S/C16H17F2NOS.C2H6/c1-4-11-5-8-14(20-3)15(9-11)21-19-13-7-6-12(17)10(2)16(13)18;1-2/h5-9,19H,4H2,1-3H3;1-2H3. The van der Waals surface area contributed by atoms with Gasteiger partial charge in [-0.25, -0.2) is 8.78 Å². The molecule has 2 rings (SSSR count). The lowest BCUT2D eigenvalue weighted by Gasteiger charge is -2.12. The fraction of sp³-hybridized carbons (Fsp3) is 0.333. The van der Waals surface area contributed by atoms with Gasteiger partial charge in [-0.05, 0) is 55.1 Å². The summed E-state index contributed by atoms with van der Waals surface area (Å²) in [6, 6.07) is 8.51. The van der Waals surface area contributed by atoms with Crippen LogP contribution in [0.5, 0.6) is 5.75 Å². The van der Waals surface area contributed by atoms with Crippen molar-refractivity contribution in [3.8, 4) is 5.75 Å². The number of aryl methyl sites for hydroxylation is 1. The Morgan fingerprint density at radius 3 is 2.43 bits per heavy atom. The van der Waals surface area contributed by atoms with E-state index in [0.717, 1.165) is 16.9 Å². The fourth-order valence-corrected chi connectivity index (χ4v) is 2.71. The van der Waals surface area contributed by atoms with E-state index in [1.54, 1.807) is 7.11 Å². The second-order valence-electron chi connectivity index (χ2n) is 4.58. The highest BCUT2D eigenvalue weighted by atomic mass is 32.2. The smallest absolute Gasteiger partial charge is 0.152 e. The molecule has 0 unspecified atom stereocenters. The summed E-state index contributed by atoms with van der Waals surface area (Å²) in [5.41, 5.74) is 1.42. The first-order chi connectivity index (χ1) is 11.1. The van der Waals surface area contributed by atoms with Crippen molar-refractivity contribution in [2.75, 3.05) is 11.8 Å². The van der Waals surface area contributed by atoms with Gasteiger partial charge in [-0.15, -0.1) is 0 Å². The zero-order valence-corrected chi connectivity index (χ0v) is 15.0. The molecule has 0 atom stereocenters. The summed E-state index contributed by atoms with van der Waals surface area (Å²) in [4.78, 5) is 0.859. The van der Waals surface area contributed by atoms with Crippen molar-refractivity contribution in [3.05, 3.63) is 53.1 Å². The summed E-state index contributed by atoms with van der Waals surface area (Å²) >= 11 is 1.25. The van der Waals surface area contributed by atoms with E-state index in [0.29, 0.717) is 5.75 Å². The first kappa shape index (κ1) is 19.3. The van der Waals surface area contributed by atoms with E-state index in [1.165, 1.54) is 31.0 Å². The van der Waals surface area contributed by atoms with Crippen LogP contribution in [0.4, 0.5) is 14.5 Å². The highest BCUT2D eigenvalue weighted by molar-refractivity contribution is 8.00. The molecule has 0 aliphatic rings. The van der Waals surface area contributed by atoms with E-state index in [4.69, 9.17) is 4.74 Å². The summed E-state index contributed by atoms with van der Waals surface area (Å²) in [5, 5.41) is 0. The van der Waals surface area contributed by atoms with Gasteiger partial charge >= 0.3 is 0 Å². The lowest BCUT2D eigenvalue weighted by molar-refractivity contribution is 0.404. The van der Waals surface area contributed by atoms with Gasteiger partial charge in [-0.3, -0.25) is 0 Å². The van der Waals surface area contributed by atoms with E-state index < -0.39 is 11.6 Å². The van der Waals surface area contributed by atoms with Gasteiger partial charge in [-0.1, -0.05) is 26.8 Å². The van der Waals surface area contributed by atoms with E-state index in [9.17, 15) is 8.78 Å². The molecule has 0 heterocycles. The zero-order valence-electron chi connectivity index (χ0n) is 14.2. The van der Waals surface area contributed by atoms with Gasteiger partial charge in [0.25, 0.3) is 0 Å². The third kappa shape index (κ3) is 4.86. The van der Waals surface area contributed by atoms with Gasteiger partial charge in [0.15, 0.2) is 5.82 Å². The number of methoxy groups -OCH3 is 1. The van der Waals surface area contributed by atoms with E-state index in [2.05, 4.69) is 11.6 Å². The Labute approximate surface area is 141 Å². The Bertz CT molecular complexity index is 647. The largest absolute Gasteiger partial charge is 0.496 e. The van der Waals surface area contributed by atoms with Gasteiger partial charge in [0, 0.05) is 5.56 Å². The Morgan fingerprint density at radius 2 is 1.83 bits per heavy atom. The molecule has 23 heavy (non-hydrogen) atoms. The molecular formula is C18H23F2NOS. The van der Waals surface area contributed by atoms with E-state index in [-0.39, 0.29) is 11.3 Å². The van der Waals surface area contributed by atoms with Crippen molar-refractivity contribution < 1.29 is 13.5 Å². The molecule has 0 aliphatic carbocycles. The number of halogens is 2. The van der Waals surface area contributed by atoms with Crippen LogP contribution >= 0.6 is 11.9 Å². The van der Waals surface area contributed by atoms with Crippen LogP contribution in [-0.4, -0.2) is 7.11 Å². The van der Waals surface area contributed by atoms with Crippen LogP contribution in [0, 0.1) is 18.6 Å². The van der Waals surface area contributed by atoms with Crippen LogP contribution in [0.15, 0.2) is 35.2 Å². The molecule has 2 aromatic carbocycles. The number of hydrogen-bond acceptors (Lipinski definition) is 3. The molecule has 5 heteroatoms. The van der Waals surface area contributed by atoms with Crippen molar-refractivity contribution in [2.45, 2.75) is 39.0 Å². The maximum absolute atomic E-state index is 13.9. The number of hydrogen-bond donors (Lipinski definition) is 1. The molecule has 0 bridgehead atoms. The minimum absolute atomic E-state index is 0.00914. The van der Waals surface area contributed by atoms with Crippen molar-refractivity contribution in [1.29, 1.82) is 0 Å². The molecule has 2 aromatic rings. The Hall–Kier alpha value is -1.75. The second kappa shape index (κ2) is 9.40. The number of ether oxygens (including phenoxy) is 1. The quantitative estimate of drug-likeness (QED) is 0.676. The number of benzene rings is 2. The molecule has 0 saturated carbocycles. The second-order valence-corrected chi connectivity index (χ2v) is 5.42. The predicted molar refractivity (Wildman–Crippen MR) is 94.3 cm³/mol. The summed E-state index contributed by atoms with van der Waals surface area (Å²) in [6.07, 6.45) is 0.904. The first-order valence-corrected chi connectivity index (χ1v) is 8.42. The van der Waals surface area contributed by atoms with E-state index >= 15 is 0 Å². The Kier molecular flexibility index (Phi) is 7.89. The molecule has 0 fully saturated rings. The summed E-state index contributed by atoms with van der Waals surface area (Å²) < 4.78 is 35.4. The average Bonchev–Trinajstić information content (AvgIpc) is 2.60. The third-order valence-electron chi connectivity index (χ3n) is 3.23. The lowest BCUT2D eigenvalue weighted by atomic mass is 10.2. The van der Waals surface area contributed by atoms with Gasteiger partial charge < -0.3 is 9.46 Å². The van der Waals surface area contributed by atoms with Crippen LogP contribution in [0.25, 0.3) is 0 Å². The molecule has 1 N–H and O–H groups in total. The number of nitrogens with one attached hydrogen (secondary N) is 1. The van der Waals surface area contributed by atoms with Crippen molar-refractivity contribution >= 4 is 17.6 Å². The molecule has 0 saturated heterocycles. The van der Waals surface area contributed by atoms with Gasteiger partial charge in [0.2, 0.25) is 0 Å². The maximum Gasteiger partial charge on any atom is 0.152 e. The molecule has 0 spiro atoms. The molecule has 0 aliphatic heterocycles. The van der Waals surface area contributed by atoms with Crippen LogP contribution < -0.4 is 9.46 Å². The maximum atomic E-state index is 13.9. The van der Waals surface area contributed by atoms with Crippen LogP contribution in [-0.2, 0) is 6.42 Å². The number of rotatable bonds is 5. The minimum atomic E-state index is -0.576. The Balaban J connectivity index is 0.00000127. The highest BCUT2D eigenvalue weighted by Crippen LogP contribution is 2.32. The van der Waals surface area contributed by atoms with Gasteiger partial charge in [-0.2, -0.15) is 0 Å². The van der Waals surface area contributed by atoms with Crippen LogP contribution in [0.2, 0.25) is 0 Å². The molecule has 126 valence electrons. The first-order valence-electron chi connectivity index (χ1n) is 7.61. The van der Waals surface area contributed by atoms with Crippen LogP contribution in [0.3, 0.4) is 0 Å². The normalized spacial score (nSPS) is 9.87. The minimum Gasteiger partial charge on any atom is -0.496 e. The number of anilines is 1. The van der Waals surface area contributed by atoms with Crippen molar-refractivity contribution in [1.82, 2.24) is 0 Å². The summed E-state index contributed by atoms with van der Waals surface area (Å²) in [6.45, 7) is 7.48. The SMILES string of the molecule is CC.CCc1ccc(OC)c(SNc2ccc(F)c(C)c2F)c1. The van der Waals surface area contributed by atoms with Gasteiger partial charge in [0.1, 0.15) is 11.6 Å². The molecule has 0 radical (unpaired) electrons. The topological polar surface area (TPSA) is 21.3 Å². The van der Waals surface area contributed by atoms with Crippen molar-refractivity contribution in [3.63, 3.8) is 0 Å².